The Morgan fingerprint density at radius 2 is 1.76 bits per heavy atom. The average molecular weight is 445 g/mol. The van der Waals surface area contributed by atoms with Gasteiger partial charge in [-0.25, -0.2) is 4.98 Å². The van der Waals surface area contributed by atoms with Crippen molar-refractivity contribution >= 4 is 17.5 Å². The lowest BCUT2D eigenvalue weighted by molar-refractivity contribution is -0.121. The summed E-state index contributed by atoms with van der Waals surface area (Å²) in [7, 11) is 0. The van der Waals surface area contributed by atoms with Crippen LogP contribution in [-0.4, -0.2) is 39.4 Å². The Morgan fingerprint density at radius 3 is 2.48 bits per heavy atom. The van der Waals surface area contributed by atoms with E-state index in [0.29, 0.717) is 44.8 Å². The number of carbonyl (C=O) groups is 2. The molecule has 2 aliphatic rings. The molecule has 1 N–H and O–H groups in total. The highest BCUT2D eigenvalue weighted by atomic mass is 16.5. The number of fused-ring (bicyclic) bond motifs is 1. The summed E-state index contributed by atoms with van der Waals surface area (Å²) in [5, 5.41) is 2.99. The van der Waals surface area contributed by atoms with Crippen molar-refractivity contribution in [2.24, 2.45) is 5.92 Å². The number of rotatable bonds is 4. The van der Waals surface area contributed by atoms with E-state index in [-0.39, 0.29) is 23.8 Å². The Hall–Kier alpha value is -3.45. The predicted octanol–water partition coefficient (Wildman–Crippen LogP) is 3.95. The van der Waals surface area contributed by atoms with Gasteiger partial charge in [0.15, 0.2) is 5.69 Å². The SMILES string of the molecule is Cc1ccc(NC(=O)C2CCN(C(=O)c3ncn4c3CO[C@@H](c3ccccc3)C4)CC2)cc1. The van der Waals surface area contributed by atoms with E-state index in [2.05, 4.69) is 22.4 Å². The van der Waals surface area contributed by atoms with Gasteiger partial charge in [0, 0.05) is 24.7 Å². The summed E-state index contributed by atoms with van der Waals surface area (Å²) in [5.74, 6) is -0.158. The van der Waals surface area contributed by atoms with Gasteiger partial charge in [-0.1, -0.05) is 48.0 Å². The summed E-state index contributed by atoms with van der Waals surface area (Å²) in [4.78, 5) is 32.1. The number of anilines is 1. The molecule has 7 heteroatoms. The third-order valence-corrected chi connectivity index (χ3v) is 6.58. The standard InChI is InChI=1S/C26H28N4O3/c1-18-7-9-21(10-8-18)28-25(31)20-11-13-29(14-12-20)26(32)24-22-16-33-23(15-30(22)17-27-24)19-5-3-2-4-6-19/h2-10,17,20,23H,11-16H2,1H3,(H,28,31)/t23-/m1/s1. The van der Waals surface area contributed by atoms with Crippen LogP contribution in [0.4, 0.5) is 5.69 Å². The van der Waals surface area contributed by atoms with Crippen LogP contribution in [0.15, 0.2) is 60.9 Å². The number of benzene rings is 2. The first-order valence-electron chi connectivity index (χ1n) is 11.5. The topological polar surface area (TPSA) is 76.5 Å². The smallest absolute Gasteiger partial charge is 0.274 e. The first-order chi connectivity index (χ1) is 16.1. The van der Waals surface area contributed by atoms with Gasteiger partial charge in [0.05, 0.1) is 25.2 Å². The number of nitrogens with one attached hydrogen (secondary N) is 1. The molecule has 0 saturated carbocycles. The van der Waals surface area contributed by atoms with Gasteiger partial charge in [-0.2, -0.15) is 0 Å². The van der Waals surface area contributed by atoms with Gasteiger partial charge in [0.2, 0.25) is 5.91 Å². The Bertz CT molecular complexity index is 1130. The Kier molecular flexibility index (Phi) is 5.96. The molecule has 33 heavy (non-hydrogen) atoms. The number of imidazole rings is 1. The molecule has 2 amide bonds. The molecule has 0 unspecified atom stereocenters. The third kappa shape index (κ3) is 4.54. The number of ether oxygens (including phenoxy) is 1. The molecule has 0 aliphatic carbocycles. The maximum Gasteiger partial charge on any atom is 0.274 e. The molecular formula is C26H28N4O3. The van der Waals surface area contributed by atoms with E-state index >= 15 is 0 Å². The molecule has 1 aromatic heterocycles. The van der Waals surface area contributed by atoms with Gasteiger partial charge in [-0.15, -0.1) is 0 Å². The van der Waals surface area contributed by atoms with Crippen LogP contribution in [0, 0.1) is 12.8 Å². The minimum absolute atomic E-state index is 0.0191. The summed E-state index contributed by atoms with van der Waals surface area (Å²) in [6.07, 6.45) is 2.99. The zero-order chi connectivity index (χ0) is 22.8. The summed E-state index contributed by atoms with van der Waals surface area (Å²) >= 11 is 0. The Labute approximate surface area is 193 Å². The first kappa shape index (κ1) is 21.4. The first-order valence-corrected chi connectivity index (χ1v) is 11.5. The van der Waals surface area contributed by atoms with Gasteiger partial charge >= 0.3 is 0 Å². The van der Waals surface area contributed by atoms with Crippen LogP contribution in [0.2, 0.25) is 0 Å². The second-order valence-corrected chi connectivity index (χ2v) is 8.82. The van der Waals surface area contributed by atoms with Crippen molar-refractivity contribution < 1.29 is 14.3 Å². The van der Waals surface area contributed by atoms with Crippen molar-refractivity contribution in [3.63, 3.8) is 0 Å². The minimum atomic E-state index is -0.0961. The van der Waals surface area contributed by atoms with Crippen molar-refractivity contribution in [3.8, 4) is 0 Å². The molecule has 0 spiro atoms. The molecule has 1 atom stereocenters. The number of carbonyl (C=O) groups excluding carboxylic acids is 2. The average Bonchev–Trinajstić information content (AvgIpc) is 3.29. The summed E-state index contributed by atoms with van der Waals surface area (Å²) in [6, 6.07) is 17.9. The van der Waals surface area contributed by atoms with Crippen molar-refractivity contribution in [2.45, 2.75) is 39.0 Å². The van der Waals surface area contributed by atoms with Crippen LogP contribution in [0.25, 0.3) is 0 Å². The van der Waals surface area contributed by atoms with Gasteiger partial charge in [0.25, 0.3) is 5.91 Å². The van der Waals surface area contributed by atoms with E-state index in [0.717, 1.165) is 22.5 Å². The second-order valence-electron chi connectivity index (χ2n) is 8.82. The number of aryl methyl sites for hydroxylation is 1. The van der Waals surface area contributed by atoms with Crippen LogP contribution in [0.3, 0.4) is 0 Å². The maximum absolute atomic E-state index is 13.2. The molecule has 2 aliphatic heterocycles. The maximum atomic E-state index is 13.2. The van der Waals surface area contributed by atoms with Crippen molar-refractivity contribution in [1.29, 1.82) is 0 Å². The summed E-state index contributed by atoms with van der Waals surface area (Å²) in [6.45, 7) is 4.11. The number of aromatic nitrogens is 2. The van der Waals surface area contributed by atoms with E-state index in [4.69, 9.17) is 4.74 Å². The Morgan fingerprint density at radius 1 is 1.03 bits per heavy atom. The number of amides is 2. The van der Waals surface area contributed by atoms with Crippen LogP contribution in [0.1, 0.15) is 46.3 Å². The predicted molar refractivity (Wildman–Crippen MR) is 125 cm³/mol. The fourth-order valence-electron chi connectivity index (χ4n) is 4.55. The Balaban J connectivity index is 1.18. The normalized spacial score (nSPS) is 18.6. The van der Waals surface area contributed by atoms with Crippen molar-refractivity contribution in [3.05, 3.63) is 83.4 Å². The van der Waals surface area contributed by atoms with E-state index in [1.165, 1.54) is 0 Å². The highest BCUT2D eigenvalue weighted by Gasteiger charge is 2.32. The number of piperidine rings is 1. The molecule has 0 bridgehead atoms. The van der Waals surface area contributed by atoms with Gasteiger partial charge < -0.3 is 19.5 Å². The van der Waals surface area contributed by atoms with E-state index in [1.54, 1.807) is 6.33 Å². The molecule has 2 aromatic carbocycles. The number of hydrogen-bond acceptors (Lipinski definition) is 4. The van der Waals surface area contributed by atoms with Crippen LogP contribution >= 0.6 is 0 Å². The zero-order valence-electron chi connectivity index (χ0n) is 18.7. The van der Waals surface area contributed by atoms with E-state index < -0.39 is 0 Å². The zero-order valence-corrected chi connectivity index (χ0v) is 18.7. The summed E-state index contributed by atoms with van der Waals surface area (Å²) in [5.41, 5.74) is 4.37. The van der Waals surface area contributed by atoms with Crippen molar-refractivity contribution in [1.82, 2.24) is 14.5 Å². The molecule has 1 fully saturated rings. The highest BCUT2D eigenvalue weighted by Crippen LogP contribution is 2.29. The van der Waals surface area contributed by atoms with E-state index in [1.807, 2.05) is 58.9 Å². The lowest BCUT2D eigenvalue weighted by Crippen LogP contribution is -2.42. The second kappa shape index (κ2) is 9.19. The number of nitrogens with zero attached hydrogens (tertiary/aromatic N) is 3. The molecule has 7 nitrogen and oxygen atoms in total. The number of likely N-dealkylation sites (tertiary alicyclic amines) is 1. The van der Waals surface area contributed by atoms with Gasteiger partial charge in [-0.3, -0.25) is 9.59 Å². The lowest BCUT2D eigenvalue weighted by Gasteiger charge is -2.31. The summed E-state index contributed by atoms with van der Waals surface area (Å²) < 4.78 is 8.08. The van der Waals surface area contributed by atoms with Crippen LogP contribution < -0.4 is 5.32 Å². The van der Waals surface area contributed by atoms with Gasteiger partial charge in [0.1, 0.15) is 6.10 Å². The van der Waals surface area contributed by atoms with E-state index in [9.17, 15) is 9.59 Å². The van der Waals surface area contributed by atoms with Crippen molar-refractivity contribution in [2.75, 3.05) is 18.4 Å². The largest absolute Gasteiger partial charge is 0.365 e. The minimum Gasteiger partial charge on any atom is -0.365 e. The third-order valence-electron chi connectivity index (χ3n) is 6.58. The molecule has 170 valence electrons. The monoisotopic (exact) mass is 444 g/mol. The number of hydrogen-bond donors (Lipinski definition) is 1. The fraction of sp³-hybridized carbons (Fsp3) is 0.346. The molecule has 3 aromatic rings. The molecule has 0 radical (unpaired) electrons. The highest BCUT2D eigenvalue weighted by molar-refractivity contribution is 5.95. The lowest BCUT2D eigenvalue weighted by atomic mass is 9.95. The fourth-order valence-corrected chi connectivity index (χ4v) is 4.55. The van der Waals surface area contributed by atoms with Crippen LogP contribution in [-0.2, 0) is 22.7 Å². The quantitative estimate of drug-likeness (QED) is 0.661. The molecule has 3 heterocycles. The van der Waals surface area contributed by atoms with Crippen LogP contribution in [0.5, 0.6) is 0 Å². The molecule has 5 rings (SSSR count). The molecule has 1 saturated heterocycles. The molecular weight excluding hydrogens is 416 g/mol. The van der Waals surface area contributed by atoms with Gasteiger partial charge in [-0.05, 0) is 37.5 Å².